The van der Waals surface area contributed by atoms with E-state index in [1.54, 1.807) is 0 Å². The van der Waals surface area contributed by atoms with Crippen molar-refractivity contribution in [2.24, 2.45) is 0 Å². The third kappa shape index (κ3) is 4.79. The minimum atomic E-state index is -0.638. The van der Waals surface area contributed by atoms with E-state index in [2.05, 4.69) is 229 Å². The summed E-state index contributed by atoms with van der Waals surface area (Å²) in [6, 6.07) is 82.5. The number of rotatable bonds is 3. The number of hydrogen-bond acceptors (Lipinski definition) is 2. The summed E-state index contributed by atoms with van der Waals surface area (Å²) in [5.41, 5.74) is 19.6. The number of para-hydroxylation sites is 3. The molecule has 1 aliphatic heterocycles. The second kappa shape index (κ2) is 13.0. The van der Waals surface area contributed by atoms with Crippen molar-refractivity contribution >= 4 is 27.8 Å². The molecule has 0 saturated carbocycles. The second-order valence-electron chi connectivity index (χ2n) is 16.3. The molecule has 0 bridgehead atoms. The van der Waals surface area contributed by atoms with Crippen LogP contribution in [0.15, 0.2) is 224 Å². The van der Waals surface area contributed by atoms with Crippen molar-refractivity contribution in [3.63, 3.8) is 0 Å². The molecular formula is C59H37NO. The van der Waals surface area contributed by atoms with Gasteiger partial charge < -0.3 is 9.64 Å². The van der Waals surface area contributed by atoms with E-state index in [0.717, 1.165) is 50.8 Å². The van der Waals surface area contributed by atoms with E-state index in [4.69, 9.17) is 4.74 Å². The molecular weight excluding hydrogens is 739 g/mol. The van der Waals surface area contributed by atoms with E-state index < -0.39 is 5.41 Å². The van der Waals surface area contributed by atoms with Crippen molar-refractivity contribution in [2.75, 3.05) is 4.90 Å². The summed E-state index contributed by atoms with van der Waals surface area (Å²) in [6.45, 7) is 0. The number of nitrogens with zero attached hydrogens (tertiary/aromatic N) is 1. The summed E-state index contributed by atoms with van der Waals surface area (Å²) in [5, 5.41) is 2.48. The Balaban J connectivity index is 1.15. The van der Waals surface area contributed by atoms with E-state index in [1.165, 1.54) is 66.4 Å². The fraction of sp³-hybridized carbons (Fsp3) is 0.0169. The molecule has 1 heterocycles. The summed E-state index contributed by atoms with van der Waals surface area (Å²) in [7, 11) is 0. The number of fused-ring (bicyclic) bond motifs is 18. The zero-order valence-corrected chi connectivity index (χ0v) is 33.2. The summed E-state index contributed by atoms with van der Waals surface area (Å²) >= 11 is 0. The van der Waals surface area contributed by atoms with Gasteiger partial charge in [0.2, 0.25) is 0 Å². The molecule has 0 fully saturated rings. The largest absolute Gasteiger partial charge is 0.454 e. The highest BCUT2D eigenvalue weighted by molar-refractivity contribution is 6.02. The van der Waals surface area contributed by atoms with E-state index in [9.17, 15) is 0 Å². The molecule has 0 amide bonds. The Bertz CT molecular complexity index is 3420. The van der Waals surface area contributed by atoms with Gasteiger partial charge in [-0.2, -0.15) is 0 Å². The molecule has 2 aliphatic carbocycles. The highest BCUT2D eigenvalue weighted by Crippen LogP contribution is 2.63. The predicted octanol–water partition coefficient (Wildman–Crippen LogP) is 15.8. The lowest BCUT2D eigenvalue weighted by molar-refractivity contribution is 0.489. The molecule has 1 unspecified atom stereocenters. The molecule has 284 valence electrons. The van der Waals surface area contributed by atoms with Crippen LogP contribution in [0.2, 0.25) is 0 Å². The SMILES string of the molecule is c1ccc(N(c2ccc3c(c2)C2(c4ccccc4-c4ccccc4-3)c3ccccc3-c3cc4ccccc4cc32)c2cccc3c2Oc2ccccc2-c2ccccc2-3)cc1. The van der Waals surface area contributed by atoms with Crippen LogP contribution in [-0.2, 0) is 5.41 Å². The van der Waals surface area contributed by atoms with Crippen LogP contribution in [0.5, 0.6) is 11.5 Å². The maximum absolute atomic E-state index is 7.15. The third-order valence-corrected chi connectivity index (χ3v) is 13.3. The Labute approximate surface area is 355 Å². The van der Waals surface area contributed by atoms with Crippen LogP contribution in [0.1, 0.15) is 22.3 Å². The first-order chi connectivity index (χ1) is 30.3. The maximum atomic E-state index is 7.15. The van der Waals surface area contributed by atoms with Gasteiger partial charge in [0.15, 0.2) is 5.75 Å². The molecule has 0 N–H and O–H groups in total. The van der Waals surface area contributed by atoms with Gasteiger partial charge in [-0.3, -0.25) is 0 Å². The van der Waals surface area contributed by atoms with Gasteiger partial charge in [0.25, 0.3) is 0 Å². The molecule has 10 aromatic carbocycles. The van der Waals surface area contributed by atoms with Gasteiger partial charge in [0.05, 0.1) is 11.1 Å². The minimum Gasteiger partial charge on any atom is -0.454 e. The Morgan fingerprint density at radius 1 is 0.295 bits per heavy atom. The fourth-order valence-electron chi connectivity index (χ4n) is 10.8. The van der Waals surface area contributed by atoms with Gasteiger partial charge >= 0.3 is 0 Å². The number of benzene rings is 10. The van der Waals surface area contributed by atoms with Crippen molar-refractivity contribution in [3.05, 3.63) is 247 Å². The van der Waals surface area contributed by atoms with Crippen molar-refractivity contribution in [1.29, 1.82) is 0 Å². The lowest BCUT2D eigenvalue weighted by Crippen LogP contribution is -2.29. The average molecular weight is 776 g/mol. The highest BCUT2D eigenvalue weighted by atomic mass is 16.5. The van der Waals surface area contributed by atoms with Crippen LogP contribution in [0.25, 0.3) is 66.4 Å². The van der Waals surface area contributed by atoms with E-state index in [1.807, 2.05) is 0 Å². The number of anilines is 3. The Morgan fingerprint density at radius 3 is 1.49 bits per heavy atom. The van der Waals surface area contributed by atoms with Crippen LogP contribution in [0.4, 0.5) is 17.1 Å². The lowest BCUT2D eigenvalue weighted by atomic mass is 9.65. The average Bonchev–Trinajstić information content (AvgIpc) is 3.44. The van der Waals surface area contributed by atoms with Gasteiger partial charge in [-0.05, 0) is 126 Å². The van der Waals surface area contributed by atoms with Gasteiger partial charge in [-0.15, -0.1) is 0 Å². The first-order valence-electron chi connectivity index (χ1n) is 21.1. The van der Waals surface area contributed by atoms with Crippen LogP contribution in [0.3, 0.4) is 0 Å². The summed E-state index contributed by atoms with van der Waals surface area (Å²) < 4.78 is 7.15. The topological polar surface area (TPSA) is 12.5 Å². The van der Waals surface area contributed by atoms with E-state index in [0.29, 0.717) is 0 Å². The normalized spacial score (nSPS) is 14.8. The molecule has 0 saturated heterocycles. The van der Waals surface area contributed by atoms with Gasteiger partial charge in [-0.25, -0.2) is 0 Å². The summed E-state index contributed by atoms with van der Waals surface area (Å²) in [6.07, 6.45) is 0. The maximum Gasteiger partial charge on any atom is 0.159 e. The number of hydrogen-bond donors (Lipinski definition) is 0. The van der Waals surface area contributed by atoms with E-state index in [-0.39, 0.29) is 0 Å². The standard InChI is InChI=1S/C59H37NO/c1-2-19-40(20-3-1)60(56-31-16-28-50-45-24-9-8-23-44(45)49-27-12-15-32-57(49)61-58(50)56)41-33-34-48-43-22-7-6-21-42(43)46-25-10-13-29-52(46)59(55(48)37-41)53-30-14-11-26-47(53)51-35-38-17-4-5-18-39(38)36-54(51)59/h1-37H. The first kappa shape index (κ1) is 34.0. The molecule has 2 heteroatoms. The minimum absolute atomic E-state index is 0.638. The predicted molar refractivity (Wildman–Crippen MR) is 251 cm³/mol. The first-order valence-corrected chi connectivity index (χ1v) is 21.1. The molecule has 3 aliphatic rings. The van der Waals surface area contributed by atoms with Crippen molar-refractivity contribution in [2.45, 2.75) is 5.41 Å². The Kier molecular flexibility index (Phi) is 7.26. The Hall–Kier alpha value is -7.94. The van der Waals surface area contributed by atoms with Crippen LogP contribution in [0, 0.1) is 0 Å². The van der Waals surface area contributed by atoms with Gasteiger partial charge in [0, 0.05) is 22.5 Å². The summed E-state index contributed by atoms with van der Waals surface area (Å²) in [4.78, 5) is 2.40. The van der Waals surface area contributed by atoms with Crippen LogP contribution in [-0.4, -0.2) is 0 Å². The molecule has 1 atom stereocenters. The molecule has 0 radical (unpaired) electrons. The highest BCUT2D eigenvalue weighted by Gasteiger charge is 2.50. The molecule has 2 nitrogen and oxygen atoms in total. The van der Waals surface area contributed by atoms with Crippen LogP contribution >= 0.6 is 0 Å². The van der Waals surface area contributed by atoms with Crippen LogP contribution < -0.4 is 9.64 Å². The van der Waals surface area contributed by atoms with Crippen molar-refractivity contribution in [3.8, 4) is 67.1 Å². The van der Waals surface area contributed by atoms with Crippen molar-refractivity contribution < 1.29 is 4.74 Å². The Morgan fingerprint density at radius 2 is 0.787 bits per heavy atom. The fourth-order valence-corrected chi connectivity index (χ4v) is 10.8. The molecule has 61 heavy (non-hydrogen) atoms. The van der Waals surface area contributed by atoms with E-state index >= 15 is 0 Å². The second-order valence-corrected chi connectivity index (χ2v) is 16.3. The summed E-state index contributed by atoms with van der Waals surface area (Å²) in [5.74, 6) is 1.67. The quantitative estimate of drug-likeness (QED) is 0.177. The molecule has 13 rings (SSSR count). The third-order valence-electron chi connectivity index (χ3n) is 13.3. The zero-order chi connectivity index (χ0) is 40.1. The molecule has 0 aromatic heterocycles. The monoisotopic (exact) mass is 775 g/mol. The molecule has 1 spiro atoms. The lowest BCUT2D eigenvalue weighted by Gasteiger charge is -2.37. The molecule has 10 aromatic rings. The zero-order valence-electron chi connectivity index (χ0n) is 33.2. The number of ether oxygens (including phenoxy) is 1. The van der Waals surface area contributed by atoms with Gasteiger partial charge in [0.1, 0.15) is 5.75 Å². The van der Waals surface area contributed by atoms with Crippen molar-refractivity contribution in [1.82, 2.24) is 0 Å². The van der Waals surface area contributed by atoms with Gasteiger partial charge in [-0.1, -0.05) is 176 Å². The smallest absolute Gasteiger partial charge is 0.159 e.